The molecule has 32 heavy (non-hydrogen) atoms. The van der Waals surface area contributed by atoms with Crippen LogP contribution >= 0.6 is 11.6 Å². The molecule has 1 saturated heterocycles. The van der Waals surface area contributed by atoms with Gasteiger partial charge in [-0.2, -0.15) is 27.9 Å². The van der Waals surface area contributed by atoms with Gasteiger partial charge in [-0.15, -0.1) is 0 Å². The monoisotopic (exact) mass is 465 g/mol. The Morgan fingerprint density at radius 1 is 1.19 bits per heavy atom. The summed E-state index contributed by atoms with van der Waals surface area (Å²) in [5.74, 6) is 1.08. The van der Waals surface area contributed by atoms with Crippen LogP contribution in [-0.4, -0.2) is 42.9 Å². The molecule has 0 amide bonds. The molecular weight excluding hydrogens is 451 g/mol. The van der Waals surface area contributed by atoms with Crippen LogP contribution in [0.25, 0.3) is 17.0 Å². The second kappa shape index (κ2) is 7.71. The molecule has 0 aliphatic carbocycles. The summed E-state index contributed by atoms with van der Waals surface area (Å²) in [6.45, 7) is 3.07. The Morgan fingerprint density at radius 3 is 2.59 bits per heavy atom. The predicted molar refractivity (Wildman–Crippen MR) is 107 cm³/mol. The quantitative estimate of drug-likeness (QED) is 0.468. The van der Waals surface area contributed by atoms with Crippen molar-refractivity contribution in [3.8, 4) is 5.95 Å². The molecule has 4 aromatic rings. The molecular formula is C19H15ClF3N7O2. The molecule has 3 aromatic heterocycles. The Kier molecular flexibility index (Phi) is 4.97. The number of aromatic nitrogens is 6. The van der Waals surface area contributed by atoms with Crippen LogP contribution in [0, 0.1) is 0 Å². The van der Waals surface area contributed by atoms with Gasteiger partial charge in [0.05, 0.1) is 29.8 Å². The van der Waals surface area contributed by atoms with E-state index in [0.29, 0.717) is 30.9 Å². The van der Waals surface area contributed by atoms with E-state index in [-0.39, 0.29) is 17.1 Å². The molecule has 4 heterocycles. The van der Waals surface area contributed by atoms with Gasteiger partial charge in [0.15, 0.2) is 11.4 Å². The number of benzene rings is 1. The molecule has 1 N–H and O–H groups in total. The third kappa shape index (κ3) is 3.75. The summed E-state index contributed by atoms with van der Waals surface area (Å²) in [5, 5.41) is 6.68. The SMILES string of the molecule is C[C@H](Nc1nc2cc(C(F)(F)F)c(Cl)cc2o1)c1ncnn1-c1ncc(C2COC2)cn1. The van der Waals surface area contributed by atoms with Crippen molar-refractivity contribution in [3.05, 3.63) is 52.8 Å². The van der Waals surface area contributed by atoms with Crippen LogP contribution in [0.3, 0.4) is 0 Å². The van der Waals surface area contributed by atoms with Crippen LogP contribution < -0.4 is 5.32 Å². The Bertz CT molecular complexity index is 1270. The predicted octanol–water partition coefficient (Wildman–Crippen LogP) is 4.16. The highest BCUT2D eigenvalue weighted by atomic mass is 35.5. The molecule has 1 fully saturated rings. The minimum atomic E-state index is -4.59. The van der Waals surface area contributed by atoms with Gasteiger partial charge in [-0.1, -0.05) is 11.6 Å². The minimum absolute atomic E-state index is 0.0127. The molecule has 0 saturated carbocycles. The second-order valence-electron chi connectivity index (χ2n) is 7.26. The maximum atomic E-state index is 13.1. The zero-order valence-electron chi connectivity index (χ0n) is 16.5. The van der Waals surface area contributed by atoms with Crippen molar-refractivity contribution in [2.24, 2.45) is 0 Å². The van der Waals surface area contributed by atoms with E-state index < -0.39 is 22.8 Å². The van der Waals surface area contributed by atoms with Gasteiger partial charge < -0.3 is 14.5 Å². The summed E-state index contributed by atoms with van der Waals surface area (Å²) >= 11 is 5.75. The van der Waals surface area contributed by atoms with Crippen LogP contribution in [0.5, 0.6) is 0 Å². The lowest BCUT2D eigenvalue weighted by molar-refractivity contribution is -0.137. The van der Waals surface area contributed by atoms with E-state index >= 15 is 0 Å². The molecule has 166 valence electrons. The van der Waals surface area contributed by atoms with Crippen molar-refractivity contribution in [3.63, 3.8) is 0 Å². The third-order valence-electron chi connectivity index (χ3n) is 5.04. The molecule has 0 spiro atoms. The zero-order valence-corrected chi connectivity index (χ0v) is 17.2. The Balaban J connectivity index is 1.38. The lowest BCUT2D eigenvalue weighted by atomic mass is 10.0. The number of ether oxygens (including phenoxy) is 1. The number of hydrogen-bond acceptors (Lipinski definition) is 8. The van der Waals surface area contributed by atoms with Crippen molar-refractivity contribution in [2.75, 3.05) is 18.5 Å². The molecule has 0 radical (unpaired) electrons. The zero-order chi connectivity index (χ0) is 22.5. The average Bonchev–Trinajstić information content (AvgIpc) is 3.32. The van der Waals surface area contributed by atoms with Gasteiger partial charge in [-0.3, -0.25) is 0 Å². The summed E-state index contributed by atoms with van der Waals surface area (Å²) in [6, 6.07) is 1.47. The number of nitrogens with one attached hydrogen (secondary N) is 1. The van der Waals surface area contributed by atoms with Gasteiger partial charge in [0, 0.05) is 24.4 Å². The fourth-order valence-electron chi connectivity index (χ4n) is 3.26. The number of halogens is 4. The number of nitrogens with zero attached hydrogens (tertiary/aromatic N) is 6. The fourth-order valence-corrected chi connectivity index (χ4v) is 3.52. The highest BCUT2D eigenvalue weighted by molar-refractivity contribution is 6.32. The van der Waals surface area contributed by atoms with E-state index in [0.717, 1.165) is 17.7 Å². The highest BCUT2D eigenvalue weighted by Crippen LogP contribution is 2.37. The van der Waals surface area contributed by atoms with Crippen LogP contribution in [0.4, 0.5) is 19.2 Å². The number of fused-ring (bicyclic) bond motifs is 1. The van der Waals surface area contributed by atoms with Crippen molar-refractivity contribution in [1.82, 2.24) is 29.7 Å². The van der Waals surface area contributed by atoms with E-state index in [1.54, 1.807) is 19.3 Å². The molecule has 13 heteroatoms. The molecule has 5 rings (SSSR count). The van der Waals surface area contributed by atoms with Gasteiger partial charge >= 0.3 is 6.18 Å². The van der Waals surface area contributed by atoms with Crippen molar-refractivity contribution >= 4 is 28.7 Å². The minimum Gasteiger partial charge on any atom is -0.423 e. The molecule has 1 aliphatic heterocycles. The molecule has 0 unspecified atom stereocenters. The standard InChI is InChI=1S/C19H15ClF3N7O2/c1-9(28-18-29-14-2-12(19(21,22)23)13(20)3-15(14)32-18)16-26-8-27-30(16)17-24-4-10(5-25-17)11-6-31-7-11/h2-5,8-9,11H,6-7H2,1H3,(H,28,29)/t9-/m0/s1. The fraction of sp³-hybridized carbons (Fsp3) is 0.316. The Morgan fingerprint density at radius 2 is 1.94 bits per heavy atom. The number of oxazole rings is 1. The largest absolute Gasteiger partial charge is 0.423 e. The van der Waals surface area contributed by atoms with Crippen molar-refractivity contribution in [2.45, 2.75) is 25.1 Å². The van der Waals surface area contributed by atoms with Crippen LogP contribution in [0.1, 0.15) is 35.8 Å². The normalized spacial score (nSPS) is 15.7. The van der Waals surface area contributed by atoms with E-state index in [1.165, 1.54) is 11.0 Å². The topological polar surface area (TPSA) is 104 Å². The molecule has 0 bridgehead atoms. The number of hydrogen-bond donors (Lipinski definition) is 1. The van der Waals surface area contributed by atoms with Gasteiger partial charge in [0.1, 0.15) is 11.8 Å². The summed E-state index contributed by atoms with van der Waals surface area (Å²) in [4.78, 5) is 17.0. The first-order valence-corrected chi connectivity index (χ1v) is 9.91. The number of rotatable bonds is 5. The highest BCUT2D eigenvalue weighted by Gasteiger charge is 2.34. The first kappa shape index (κ1) is 20.6. The van der Waals surface area contributed by atoms with E-state index in [2.05, 4.69) is 30.4 Å². The first-order chi connectivity index (χ1) is 15.3. The number of anilines is 1. The van der Waals surface area contributed by atoms with Gasteiger partial charge in [0.25, 0.3) is 12.0 Å². The number of alkyl halides is 3. The molecule has 1 atom stereocenters. The van der Waals surface area contributed by atoms with Crippen molar-refractivity contribution in [1.29, 1.82) is 0 Å². The Labute approximate surface area is 183 Å². The third-order valence-corrected chi connectivity index (χ3v) is 5.35. The molecule has 9 nitrogen and oxygen atoms in total. The summed E-state index contributed by atoms with van der Waals surface area (Å²) < 4.78 is 51.4. The van der Waals surface area contributed by atoms with Crippen LogP contribution in [0.2, 0.25) is 5.02 Å². The van der Waals surface area contributed by atoms with E-state index in [9.17, 15) is 13.2 Å². The van der Waals surface area contributed by atoms with Gasteiger partial charge in [-0.25, -0.2) is 15.0 Å². The van der Waals surface area contributed by atoms with E-state index in [1.807, 2.05) is 0 Å². The summed E-state index contributed by atoms with van der Waals surface area (Å²) in [7, 11) is 0. The van der Waals surface area contributed by atoms with Crippen LogP contribution in [-0.2, 0) is 10.9 Å². The second-order valence-corrected chi connectivity index (χ2v) is 7.67. The lowest BCUT2D eigenvalue weighted by Crippen LogP contribution is -2.25. The Hall–Kier alpha value is -3.25. The molecule has 1 aromatic carbocycles. The lowest BCUT2D eigenvalue weighted by Gasteiger charge is -2.25. The summed E-state index contributed by atoms with van der Waals surface area (Å²) in [5.41, 5.74) is 0.152. The van der Waals surface area contributed by atoms with Gasteiger partial charge in [0.2, 0.25) is 0 Å². The smallest absolute Gasteiger partial charge is 0.417 e. The first-order valence-electron chi connectivity index (χ1n) is 9.53. The maximum absolute atomic E-state index is 13.1. The van der Waals surface area contributed by atoms with Crippen LogP contribution in [0.15, 0.2) is 35.3 Å². The van der Waals surface area contributed by atoms with Gasteiger partial charge in [-0.05, 0) is 18.6 Å². The summed E-state index contributed by atoms with van der Waals surface area (Å²) in [6.07, 6.45) is 0.207. The van der Waals surface area contributed by atoms with Crippen molar-refractivity contribution < 1.29 is 22.3 Å². The van der Waals surface area contributed by atoms with E-state index in [4.69, 9.17) is 20.8 Å². The average molecular weight is 466 g/mol. The maximum Gasteiger partial charge on any atom is 0.417 e. The molecule has 1 aliphatic rings.